The molecule has 5 heteroatoms. The number of esters is 1. The number of methoxy groups -OCH3 is 1. The maximum atomic E-state index is 13.3. The molecule has 34 heavy (non-hydrogen) atoms. The fourth-order valence-corrected chi connectivity index (χ4v) is 4.37. The Morgan fingerprint density at radius 2 is 1.59 bits per heavy atom. The van der Waals surface area contributed by atoms with Crippen molar-refractivity contribution in [3.05, 3.63) is 112 Å². The molecule has 0 radical (unpaired) electrons. The van der Waals surface area contributed by atoms with E-state index in [-0.39, 0.29) is 24.2 Å². The van der Waals surface area contributed by atoms with Crippen molar-refractivity contribution in [2.45, 2.75) is 25.7 Å². The van der Waals surface area contributed by atoms with E-state index in [1.807, 2.05) is 85.8 Å². The second kappa shape index (κ2) is 10.5. The molecule has 0 saturated carbocycles. The zero-order valence-electron chi connectivity index (χ0n) is 19.2. The van der Waals surface area contributed by atoms with Gasteiger partial charge in [-0.15, -0.1) is 0 Å². The van der Waals surface area contributed by atoms with E-state index < -0.39 is 0 Å². The molecule has 0 heterocycles. The minimum Gasteiger partial charge on any atom is -0.469 e. The van der Waals surface area contributed by atoms with Crippen molar-refractivity contribution < 1.29 is 14.3 Å². The Morgan fingerprint density at radius 1 is 0.882 bits per heavy atom. The highest BCUT2D eigenvalue weighted by Gasteiger charge is 2.19. The van der Waals surface area contributed by atoms with Crippen LogP contribution in [0.3, 0.4) is 0 Å². The van der Waals surface area contributed by atoms with Gasteiger partial charge in [-0.3, -0.25) is 9.59 Å². The second-order valence-corrected chi connectivity index (χ2v) is 8.72. The third kappa shape index (κ3) is 5.29. The Morgan fingerprint density at radius 3 is 2.38 bits per heavy atom. The first-order valence-electron chi connectivity index (χ1n) is 11.2. The fraction of sp³-hybridized carbons (Fsp3) is 0.172. The van der Waals surface area contributed by atoms with Crippen molar-refractivity contribution in [2.75, 3.05) is 12.4 Å². The predicted molar refractivity (Wildman–Crippen MR) is 137 cm³/mol. The van der Waals surface area contributed by atoms with Gasteiger partial charge in [-0.25, -0.2) is 0 Å². The van der Waals surface area contributed by atoms with Crippen molar-refractivity contribution in [3.8, 4) is 0 Å². The van der Waals surface area contributed by atoms with E-state index in [0.717, 1.165) is 33.0 Å². The van der Waals surface area contributed by atoms with Crippen LogP contribution in [0.4, 0.5) is 5.69 Å². The minimum absolute atomic E-state index is 0.0947. The number of anilines is 1. The van der Waals surface area contributed by atoms with Gasteiger partial charge in [0.25, 0.3) is 0 Å². The van der Waals surface area contributed by atoms with Crippen LogP contribution in [0.1, 0.15) is 35.1 Å². The van der Waals surface area contributed by atoms with Gasteiger partial charge in [0.1, 0.15) is 0 Å². The summed E-state index contributed by atoms with van der Waals surface area (Å²) in [6.07, 6.45) is 0.707. The molecule has 0 aliphatic rings. The summed E-state index contributed by atoms with van der Waals surface area (Å²) in [5.74, 6) is -0.736. The minimum atomic E-state index is -0.346. The van der Waals surface area contributed by atoms with Crippen molar-refractivity contribution in [1.82, 2.24) is 0 Å². The molecule has 4 aromatic rings. The molecular formula is C29H26ClNO3. The summed E-state index contributed by atoms with van der Waals surface area (Å²) in [6.45, 7) is 1.92. The number of halogens is 1. The van der Waals surface area contributed by atoms with Crippen LogP contribution >= 0.6 is 11.6 Å². The lowest BCUT2D eigenvalue weighted by molar-refractivity contribution is -0.139. The molecule has 1 N–H and O–H groups in total. The van der Waals surface area contributed by atoms with Crippen LogP contribution in [-0.2, 0) is 27.2 Å². The fourth-order valence-electron chi connectivity index (χ4n) is 4.18. The molecular weight excluding hydrogens is 446 g/mol. The van der Waals surface area contributed by atoms with E-state index in [1.54, 1.807) is 6.07 Å². The van der Waals surface area contributed by atoms with Crippen molar-refractivity contribution in [1.29, 1.82) is 0 Å². The molecule has 4 nitrogen and oxygen atoms in total. The monoisotopic (exact) mass is 471 g/mol. The molecule has 0 saturated heterocycles. The highest BCUT2D eigenvalue weighted by Crippen LogP contribution is 2.29. The molecule has 0 fully saturated rings. The van der Waals surface area contributed by atoms with Gasteiger partial charge in [0.15, 0.2) is 0 Å². The quantitative estimate of drug-likeness (QED) is 0.311. The van der Waals surface area contributed by atoms with Crippen molar-refractivity contribution in [3.63, 3.8) is 0 Å². The summed E-state index contributed by atoms with van der Waals surface area (Å²) in [7, 11) is 1.38. The van der Waals surface area contributed by atoms with Gasteiger partial charge in [-0.2, -0.15) is 0 Å². The number of carbonyl (C=O) groups is 2. The van der Waals surface area contributed by atoms with E-state index in [4.69, 9.17) is 16.3 Å². The van der Waals surface area contributed by atoms with Crippen LogP contribution in [-0.4, -0.2) is 19.0 Å². The van der Waals surface area contributed by atoms with Crippen molar-refractivity contribution >= 4 is 39.9 Å². The third-order valence-electron chi connectivity index (χ3n) is 6.07. The first-order chi connectivity index (χ1) is 16.5. The summed E-state index contributed by atoms with van der Waals surface area (Å²) in [6, 6.07) is 27.3. The summed E-state index contributed by atoms with van der Waals surface area (Å²) >= 11 is 6.30. The van der Waals surface area contributed by atoms with Crippen LogP contribution in [0.2, 0.25) is 5.02 Å². The van der Waals surface area contributed by atoms with Gasteiger partial charge in [-0.05, 0) is 64.6 Å². The van der Waals surface area contributed by atoms with E-state index in [1.165, 1.54) is 7.11 Å². The van der Waals surface area contributed by atoms with E-state index in [2.05, 4.69) is 5.32 Å². The lowest BCUT2D eigenvalue weighted by Gasteiger charge is -2.18. The molecule has 0 aliphatic carbocycles. The number of hydrogen-bond donors (Lipinski definition) is 1. The maximum absolute atomic E-state index is 13.3. The van der Waals surface area contributed by atoms with Crippen LogP contribution in [0.15, 0.2) is 84.9 Å². The zero-order valence-corrected chi connectivity index (χ0v) is 19.9. The lowest BCUT2D eigenvalue weighted by Crippen LogP contribution is -2.20. The molecule has 0 aliphatic heterocycles. The van der Waals surface area contributed by atoms with Gasteiger partial charge < -0.3 is 10.1 Å². The molecule has 1 unspecified atom stereocenters. The van der Waals surface area contributed by atoms with Gasteiger partial charge in [-0.1, -0.05) is 78.3 Å². The normalized spacial score (nSPS) is 11.7. The topological polar surface area (TPSA) is 55.4 Å². The summed E-state index contributed by atoms with van der Waals surface area (Å²) < 4.78 is 4.84. The first kappa shape index (κ1) is 23.5. The van der Waals surface area contributed by atoms with Crippen LogP contribution < -0.4 is 5.32 Å². The summed E-state index contributed by atoms with van der Waals surface area (Å²) in [4.78, 5) is 25.1. The Bertz CT molecular complexity index is 1340. The number of hydrogen-bond acceptors (Lipinski definition) is 3. The van der Waals surface area contributed by atoms with Crippen LogP contribution in [0.5, 0.6) is 0 Å². The van der Waals surface area contributed by atoms with Crippen LogP contribution in [0, 0.1) is 0 Å². The molecule has 1 atom stereocenters. The molecule has 0 bridgehead atoms. The predicted octanol–water partition coefficient (Wildman–Crippen LogP) is 6.54. The molecule has 0 aromatic heterocycles. The highest BCUT2D eigenvalue weighted by molar-refractivity contribution is 6.30. The number of fused-ring (bicyclic) bond motifs is 1. The number of benzene rings is 4. The smallest absolute Gasteiger partial charge is 0.309 e. The Balaban J connectivity index is 1.61. The summed E-state index contributed by atoms with van der Waals surface area (Å²) in [5, 5.41) is 5.86. The highest BCUT2D eigenvalue weighted by atomic mass is 35.5. The number of rotatable bonds is 7. The van der Waals surface area contributed by atoms with E-state index in [0.29, 0.717) is 17.1 Å². The molecule has 4 rings (SSSR count). The average molecular weight is 472 g/mol. The van der Waals surface area contributed by atoms with Gasteiger partial charge >= 0.3 is 5.97 Å². The zero-order chi connectivity index (χ0) is 24.1. The molecule has 0 spiro atoms. The molecule has 172 valence electrons. The molecule has 1 amide bonds. The Labute approximate surface area is 204 Å². The maximum Gasteiger partial charge on any atom is 0.309 e. The van der Waals surface area contributed by atoms with Crippen molar-refractivity contribution in [2.24, 2.45) is 0 Å². The molecule has 4 aromatic carbocycles. The number of ether oxygens (including phenoxy) is 1. The number of carbonyl (C=O) groups excluding carboxylic acids is 2. The Kier molecular flexibility index (Phi) is 7.29. The summed E-state index contributed by atoms with van der Waals surface area (Å²) in [5.41, 5.74) is 4.43. The van der Waals surface area contributed by atoms with Gasteiger partial charge in [0.2, 0.25) is 5.91 Å². The lowest BCUT2D eigenvalue weighted by atomic mass is 9.93. The SMILES string of the molecule is COC(=O)Cc1ccccc1Cc1cc(Cl)ccc1NC(=O)C(C)c1cccc2ccccc12. The number of amides is 1. The van der Waals surface area contributed by atoms with E-state index >= 15 is 0 Å². The Hall–Kier alpha value is -3.63. The number of nitrogens with one attached hydrogen (secondary N) is 1. The van der Waals surface area contributed by atoms with E-state index in [9.17, 15) is 9.59 Å². The van der Waals surface area contributed by atoms with Gasteiger partial charge in [0.05, 0.1) is 19.4 Å². The first-order valence-corrected chi connectivity index (χ1v) is 11.5. The largest absolute Gasteiger partial charge is 0.469 e. The van der Waals surface area contributed by atoms with Crippen LogP contribution in [0.25, 0.3) is 10.8 Å². The average Bonchev–Trinajstić information content (AvgIpc) is 2.85. The standard InChI is InChI=1S/C29H26ClNO3/c1-19(25-13-7-11-20-8-5-6-12-26(20)25)29(33)31-27-15-14-24(30)17-23(27)16-21-9-3-4-10-22(21)18-28(32)34-2/h3-15,17,19H,16,18H2,1-2H3,(H,31,33). The second-order valence-electron chi connectivity index (χ2n) is 8.28. The third-order valence-corrected chi connectivity index (χ3v) is 6.31. The van der Waals surface area contributed by atoms with Gasteiger partial charge in [0, 0.05) is 10.7 Å².